The zero-order valence-corrected chi connectivity index (χ0v) is 19.0. The van der Waals surface area contributed by atoms with Gasteiger partial charge in [0.15, 0.2) is 29.3 Å². The van der Waals surface area contributed by atoms with Crippen LogP contribution in [-0.2, 0) is 23.7 Å². The van der Waals surface area contributed by atoms with E-state index in [1.165, 1.54) is 17.8 Å². The molecule has 4 aromatic rings. The van der Waals surface area contributed by atoms with Gasteiger partial charge < -0.3 is 14.2 Å². The van der Waals surface area contributed by atoms with Crippen molar-refractivity contribution in [2.24, 2.45) is 0 Å². The molecule has 0 unspecified atom stereocenters. The molecule has 0 N–H and O–H groups in total. The highest BCUT2D eigenvalue weighted by Gasteiger charge is 2.20. The molecule has 6 nitrogen and oxygen atoms in total. The molecule has 1 aliphatic rings. The fourth-order valence-electron chi connectivity index (χ4n) is 3.53. The smallest absolute Gasteiger partial charge is 0.196 e. The summed E-state index contributed by atoms with van der Waals surface area (Å²) in [7, 11) is 0. The third-order valence-corrected chi connectivity index (χ3v) is 6.21. The average Bonchev–Trinajstić information content (AvgIpc) is 3.25. The number of hydrogen-bond acceptors (Lipinski definition) is 6. The Balaban J connectivity index is 1.42. The Hall–Kier alpha value is -3.07. The van der Waals surface area contributed by atoms with Crippen LogP contribution in [0, 0.1) is 5.82 Å². The molecule has 0 radical (unpaired) electrons. The lowest BCUT2D eigenvalue weighted by Crippen LogP contribution is -2.13. The van der Waals surface area contributed by atoms with E-state index in [1.54, 1.807) is 18.2 Å². The van der Waals surface area contributed by atoms with Crippen LogP contribution in [0.4, 0.5) is 4.39 Å². The molecule has 0 spiro atoms. The molecule has 0 saturated carbocycles. The number of thioether (sulfide) groups is 1. The van der Waals surface area contributed by atoms with Crippen LogP contribution < -0.4 is 9.47 Å². The number of nitrogens with zero attached hydrogens (tertiary/aromatic N) is 3. The molecule has 2 heterocycles. The van der Waals surface area contributed by atoms with Crippen molar-refractivity contribution in [1.29, 1.82) is 0 Å². The summed E-state index contributed by atoms with van der Waals surface area (Å²) >= 11 is 7.81. The first-order chi connectivity index (χ1) is 16.2. The first kappa shape index (κ1) is 21.8. The molecular formula is C24H19ClFN3O3S. The molecule has 1 aromatic heterocycles. The van der Waals surface area contributed by atoms with Crippen LogP contribution in [0.3, 0.4) is 0 Å². The highest BCUT2D eigenvalue weighted by molar-refractivity contribution is 7.98. The molecular weight excluding hydrogens is 465 g/mol. The van der Waals surface area contributed by atoms with E-state index >= 15 is 0 Å². The maximum Gasteiger partial charge on any atom is 0.196 e. The van der Waals surface area contributed by atoms with Gasteiger partial charge in [-0.25, -0.2) is 4.39 Å². The fraction of sp³-hybridized carbons (Fsp3) is 0.167. The maximum atomic E-state index is 14.0. The second-order valence-electron chi connectivity index (χ2n) is 7.24. The van der Waals surface area contributed by atoms with Gasteiger partial charge in [0.2, 0.25) is 0 Å². The van der Waals surface area contributed by atoms with Crippen molar-refractivity contribution in [3.63, 3.8) is 0 Å². The van der Waals surface area contributed by atoms with E-state index in [0.29, 0.717) is 28.4 Å². The average molecular weight is 484 g/mol. The Bertz CT molecular complexity index is 1270. The number of ether oxygens (including phenoxy) is 3. The standard InChI is InChI=1S/C24H19ClFN3O3S/c25-18-10-16-12-30-15-32-23(16)17(11-18)14-33-24-28-27-22(29(24)19-6-2-1-3-7-19)13-31-21-9-5-4-8-20(21)26/h1-11H,12-15H2. The topological polar surface area (TPSA) is 58.4 Å². The molecule has 3 aromatic carbocycles. The molecule has 0 saturated heterocycles. The van der Waals surface area contributed by atoms with Gasteiger partial charge in [-0.3, -0.25) is 4.57 Å². The Kier molecular flexibility index (Phi) is 6.48. The van der Waals surface area contributed by atoms with E-state index in [0.717, 1.165) is 22.6 Å². The Morgan fingerprint density at radius 2 is 1.88 bits per heavy atom. The summed E-state index contributed by atoms with van der Waals surface area (Å²) in [4.78, 5) is 0. The van der Waals surface area contributed by atoms with Crippen LogP contribution in [0.5, 0.6) is 11.5 Å². The number of hydrogen-bond donors (Lipinski definition) is 0. The van der Waals surface area contributed by atoms with E-state index in [-0.39, 0.29) is 19.1 Å². The maximum absolute atomic E-state index is 14.0. The number of fused-ring (bicyclic) bond motifs is 1. The molecule has 0 amide bonds. The summed E-state index contributed by atoms with van der Waals surface area (Å²) in [6.45, 7) is 0.742. The van der Waals surface area contributed by atoms with Gasteiger partial charge in [-0.05, 0) is 36.4 Å². The van der Waals surface area contributed by atoms with Crippen molar-refractivity contribution < 1.29 is 18.6 Å². The minimum Gasteiger partial charge on any atom is -0.483 e. The first-order valence-electron chi connectivity index (χ1n) is 10.2. The molecule has 0 bridgehead atoms. The minimum absolute atomic E-state index is 0.0659. The van der Waals surface area contributed by atoms with Crippen molar-refractivity contribution in [2.75, 3.05) is 6.79 Å². The lowest BCUT2D eigenvalue weighted by molar-refractivity contribution is -0.0168. The number of rotatable bonds is 7. The molecule has 0 atom stereocenters. The fourth-order valence-corrected chi connectivity index (χ4v) is 4.73. The molecule has 168 valence electrons. The number of halogens is 2. The summed E-state index contributed by atoms with van der Waals surface area (Å²) in [6, 6.07) is 19.8. The molecule has 33 heavy (non-hydrogen) atoms. The van der Waals surface area contributed by atoms with Crippen LogP contribution in [0.25, 0.3) is 5.69 Å². The van der Waals surface area contributed by atoms with Crippen LogP contribution in [-0.4, -0.2) is 21.6 Å². The van der Waals surface area contributed by atoms with Crippen LogP contribution in [0.1, 0.15) is 17.0 Å². The van der Waals surface area contributed by atoms with E-state index in [2.05, 4.69) is 10.2 Å². The zero-order valence-electron chi connectivity index (χ0n) is 17.4. The van der Waals surface area contributed by atoms with Crippen molar-refractivity contribution in [3.8, 4) is 17.2 Å². The van der Waals surface area contributed by atoms with Gasteiger partial charge in [0, 0.05) is 27.6 Å². The van der Waals surface area contributed by atoms with Gasteiger partial charge in [-0.1, -0.05) is 53.7 Å². The van der Waals surface area contributed by atoms with E-state index < -0.39 is 5.82 Å². The van der Waals surface area contributed by atoms with Crippen LogP contribution in [0.2, 0.25) is 5.02 Å². The molecule has 0 aliphatic carbocycles. The highest BCUT2D eigenvalue weighted by Crippen LogP contribution is 2.36. The third kappa shape index (κ3) is 4.83. The lowest BCUT2D eigenvalue weighted by atomic mass is 10.1. The van der Waals surface area contributed by atoms with Gasteiger partial charge in [0.25, 0.3) is 0 Å². The Morgan fingerprint density at radius 3 is 2.73 bits per heavy atom. The number of benzene rings is 3. The normalized spacial score (nSPS) is 12.8. The molecule has 0 fully saturated rings. The van der Waals surface area contributed by atoms with Crippen molar-refractivity contribution >= 4 is 23.4 Å². The summed E-state index contributed by atoms with van der Waals surface area (Å²) in [5.74, 6) is 1.67. The Morgan fingerprint density at radius 1 is 1.06 bits per heavy atom. The largest absolute Gasteiger partial charge is 0.483 e. The van der Waals surface area contributed by atoms with Gasteiger partial charge in [-0.15, -0.1) is 10.2 Å². The molecule has 9 heteroatoms. The van der Waals surface area contributed by atoms with Crippen LogP contribution >= 0.6 is 23.4 Å². The predicted octanol–water partition coefficient (Wildman–Crippen LogP) is 5.80. The van der Waals surface area contributed by atoms with Gasteiger partial charge >= 0.3 is 0 Å². The number of para-hydroxylation sites is 2. The van der Waals surface area contributed by atoms with E-state index in [9.17, 15) is 4.39 Å². The second kappa shape index (κ2) is 9.82. The monoisotopic (exact) mass is 483 g/mol. The summed E-state index contributed by atoms with van der Waals surface area (Å²) in [5, 5.41) is 10.0. The lowest BCUT2D eigenvalue weighted by Gasteiger charge is -2.21. The molecule has 5 rings (SSSR count). The Labute approximate surface area is 199 Å². The second-order valence-corrected chi connectivity index (χ2v) is 8.62. The van der Waals surface area contributed by atoms with Gasteiger partial charge in [0.05, 0.1) is 6.61 Å². The summed E-state index contributed by atoms with van der Waals surface area (Å²) in [6.07, 6.45) is 0. The van der Waals surface area contributed by atoms with Crippen molar-refractivity contribution in [3.05, 3.63) is 94.5 Å². The third-order valence-electron chi connectivity index (χ3n) is 5.02. The highest BCUT2D eigenvalue weighted by atomic mass is 35.5. The SMILES string of the molecule is Fc1ccccc1OCc1nnc(SCc2cc(Cl)cc3c2OCOC3)n1-c1ccccc1. The van der Waals surface area contributed by atoms with Crippen molar-refractivity contribution in [1.82, 2.24) is 14.8 Å². The first-order valence-corrected chi connectivity index (χ1v) is 11.6. The van der Waals surface area contributed by atoms with E-state index in [4.69, 9.17) is 25.8 Å². The minimum atomic E-state index is -0.424. The van der Waals surface area contributed by atoms with E-state index in [1.807, 2.05) is 47.0 Å². The zero-order chi connectivity index (χ0) is 22.6. The summed E-state index contributed by atoms with van der Waals surface area (Å²) < 4.78 is 32.7. The quantitative estimate of drug-likeness (QED) is 0.310. The van der Waals surface area contributed by atoms with Crippen molar-refractivity contribution in [2.45, 2.75) is 24.1 Å². The number of aromatic nitrogens is 3. The predicted molar refractivity (Wildman–Crippen MR) is 123 cm³/mol. The van der Waals surface area contributed by atoms with Gasteiger partial charge in [-0.2, -0.15) is 0 Å². The summed E-state index contributed by atoms with van der Waals surface area (Å²) in [5.41, 5.74) is 2.76. The van der Waals surface area contributed by atoms with Crippen LogP contribution in [0.15, 0.2) is 71.9 Å². The molecule has 1 aliphatic heterocycles. The van der Waals surface area contributed by atoms with Gasteiger partial charge in [0.1, 0.15) is 12.4 Å².